The number of aliphatic imine (C=N–C) groups is 1. The van der Waals surface area contributed by atoms with E-state index in [1.54, 1.807) is 60.7 Å². The predicted octanol–water partition coefficient (Wildman–Crippen LogP) is 6.44. The Hall–Kier alpha value is -2.14. The van der Waals surface area contributed by atoms with Crippen molar-refractivity contribution >= 4 is 56.8 Å². The molecule has 26 heavy (non-hydrogen) atoms. The van der Waals surface area contributed by atoms with Crippen LogP contribution in [-0.2, 0) is 0 Å². The number of hydrogen-bond acceptors (Lipinski definition) is 3. The van der Waals surface area contributed by atoms with Gasteiger partial charge < -0.3 is 5.11 Å². The van der Waals surface area contributed by atoms with Gasteiger partial charge in [-0.05, 0) is 48.5 Å². The smallest absolute Gasteiger partial charge is 0.196 e. The molecule has 0 bridgehead atoms. The van der Waals surface area contributed by atoms with Crippen LogP contribution in [0.15, 0.2) is 70.1 Å². The highest BCUT2D eigenvalue weighted by molar-refractivity contribution is 9.10. The minimum atomic E-state index is -0.274. The summed E-state index contributed by atoms with van der Waals surface area (Å²) < 4.78 is 0.806. The number of phenolic OH excluding ortho intramolecular Hbond substituents is 1. The van der Waals surface area contributed by atoms with Gasteiger partial charge in [0.2, 0.25) is 0 Å². The number of aromatic hydroxyl groups is 1. The van der Waals surface area contributed by atoms with Gasteiger partial charge in [-0.2, -0.15) is 0 Å². The molecule has 0 saturated carbocycles. The molecule has 0 fully saturated rings. The quantitative estimate of drug-likeness (QED) is 0.368. The van der Waals surface area contributed by atoms with Crippen LogP contribution in [0.3, 0.4) is 0 Å². The van der Waals surface area contributed by atoms with Gasteiger partial charge in [-0.25, -0.2) is 0 Å². The van der Waals surface area contributed by atoms with Crippen LogP contribution in [0.4, 0.5) is 5.69 Å². The molecule has 6 heteroatoms. The van der Waals surface area contributed by atoms with E-state index in [4.69, 9.17) is 23.2 Å². The molecule has 0 heterocycles. The van der Waals surface area contributed by atoms with Crippen molar-refractivity contribution in [2.24, 2.45) is 4.99 Å². The fourth-order valence-corrected chi connectivity index (χ4v) is 3.13. The van der Waals surface area contributed by atoms with Crippen molar-refractivity contribution in [2.75, 3.05) is 0 Å². The molecule has 0 atom stereocenters. The zero-order chi connectivity index (χ0) is 18.7. The third kappa shape index (κ3) is 4.15. The van der Waals surface area contributed by atoms with Gasteiger partial charge in [0.15, 0.2) is 5.78 Å². The normalized spacial score (nSPS) is 11.0. The van der Waals surface area contributed by atoms with E-state index in [0.717, 1.165) is 4.47 Å². The molecule has 130 valence electrons. The monoisotopic (exact) mass is 447 g/mol. The molecular weight excluding hydrogens is 437 g/mol. The molecule has 0 amide bonds. The summed E-state index contributed by atoms with van der Waals surface area (Å²) in [4.78, 5) is 17.3. The van der Waals surface area contributed by atoms with Crippen LogP contribution in [0.1, 0.15) is 21.5 Å². The Morgan fingerprint density at radius 3 is 2.54 bits per heavy atom. The Morgan fingerprint density at radius 2 is 1.77 bits per heavy atom. The summed E-state index contributed by atoms with van der Waals surface area (Å²) in [5.41, 5.74) is 1.65. The molecular formula is C20H12BrCl2NO2. The lowest BCUT2D eigenvalue weighted by molar-refractivity contribution is 0.103. The van der Waals surface area contributed by atoms with Gasteiger partial charge in [0, 0.05) is 32.4 Å². The highest BCUT2D eigenvalue weighted by Crippen LogP contribution is 2.29. The lowest BCUT2D eigenvalue weighted by Crippen LogP contribution is -2.02. The summed E-state index contributed by atoms with van der Waals surface area (Å²) in [7, 11) is 0. The third-order valence-corrected chi connectivity index (χ3v) is 4.71. The Kier molecular flexibility index (Phi) is 5.77. The molecule has 3 rings (SSSR count). The average Bonchev–Trinajstić information content (AvgIpc) is 2.63. The van der Waals surface area contributed by atoms with Gasteiger partial charge in [-0.1, -0.05) is 51.3 Å². The molecule has 3 nitrogen and oxygen atoms in total. The van der Waals surface area contributed by atoms with Gasteiger partial charge in [0.25, 0.3) is 0 Å². The van der Waals surface area contributed by atoms with Crippen molar-refractivity contribution in [3.63, 3.8) is 0 Å². The van der Waals surface area contributed by atoms with Crippen molar-refractivity contribution in [2.45, 2.75) is 0 Å². The SMILES string of the molecule is O=C(c1ccccc1Cl)c1cc(Cl)ccc1N=Cc1cc(Br)ccc1O. The van der Waals surface area contributed by atoms with Gasteiger partial charge in [-0.15, -0.1) is 0 Å². The van der Waals surface area contributed by atoms with Crippen molar-refractivity contribution in [1.29, 1.82) is 0 Å². The fourth-order valence-electron chi connectivity index (χ4n) is 2.36. The highest BCUT2D eigenvalue weighted by Gasteiger charge is 2.16. The van der Waals surface area contributed by atoms with E-state index in [1.165, 1.54) is 6.21 Å². The van der Waals surface area contributed by atoms with E-state index in [9.17, 15) is 9.90 Å². The number of halogens is 3. The maximum atomic E-state index is 12.9. The van der Waals surface area contributed by atoms with E-state index in [-0.39, 0.29) is 11.5 Å². The van der Waals surface area contributed by atoms with E-state index < -0.39 is 0 Å². The van der Waals surface area contributed by atoms with Crippen molar-refractivity contribution < 1.29 is 9.90 Å². The Labute approximate surface area is 169 Å². The first kappa shape index (κ1) is 18.6. The minimum Gasteiger partial charge on any atom is -0.507 e. The lowest BCUT2D eigenvalue weighted by atomic mass is 10.0. The first-order valence-electron chi connectivity index (χ1n) is 7.57. The van der Waals surface area contributed by atoms with Crippen LogP contribution in [0, 0.1) is 0 Å². The molecule has 3 aromatic carbocycles. The van der Waals surface area contributed by atoms with Crippen LogP contribution in [0.25, 0.3) is 0 Å². The number of ketones is 1. The number of carbonyl (C=O) groups excluding carboxylic acids is 1. The molecule has 0 aliphatic carbocycles. The fraction of sp³-hybridized carbons (Fsp3) is 0. The first-order chi connectivity index (χ1) is 12.5. The molecule has 0 aromatic heterocycles. The number of phenols is 1. The van der Waals surface area contributed by atoms with Crippen molar-refractivity contribution in [3.8, 4) is 5.75 Å². The molecule has 0 saturated heterocycles. The van der Waals surface area contributed by atoms with Crippen molar-refractivity contribution in [1.82, 2.24) is 0 Å². The molecule has 0 aliphatic rings. The molecule has 0 unspecified atom stereocenters. The second-order valence-corrected chi connectivity index (χ2v) is 7.19. The van der Waals surface area contributed by atoms with Gasteiger partial charge in [-0.3, -0.25) is 9.79 Å². The van der Waals surface area contributed by atoms with Crippen LogP contribution < -0.4 is 0 Å². The summed E-state index contributed by atoms with van der Waals surface area (Å²) in [6, 6.07) is 16.7. The highest BCUT2D eigenvalue weighted by atomic mass is 79.9. The van der Waals surface area contributed by atoms with Gasteiger partial charge in [0.1, 0.15) is 5.75 Å². The Bertz CT molecular complexity index is 1020. The number of nitrogens with zero attached hydrogens (tertiary/aromatic N) is 1. The van der Waals surface area contributed by atoms with Crippen LogP contribution in [0.2, 0.25) is 10.0 Å². The average molecular weight is 449 g/mol. The summed E-state index contributed by atoms with van der Waals surface area (Å²) in [6.45, 7) is 0. The Morgan fingerprint density at radius 1 is 1.00 bits per heavy atom. The van der Waals surface area contributed by atoms with E-state index in [1.807, 2.05) is 0 Å². The number of carbonyl (C=O) groups is 1. The zero-order valence-electron chi connectivity index (χ0n) is 13.3. The van der Waals surface area contributed by atoms with E-state index in [0.29, 0.717) is 32.4 Å². The second kappa shape index (κ2) is 8.04. The van der Waals surface area contributed by atoms with E-state index >= 15 is 0 Å². The summed E-state index contributed by atoms with van der Waals surface area (Å²) in [5.74, 6) is -0.186. The van der Waals surface area contributed by atoms with Crippen LogP contribution in [-0.4, -0.2) is 17.1 Å². The largest absolute Gasteiger partial charge is 0.507 e. The number of benzene rings is 3. The predicted molar refractivity (Wildman–Crippen MR) is 109 cm³/mol. The lowest BCUT2D eigenvalue weighted by Gasteiger charge is -2.07. The number of hydrogen-bond donors (Lipinski definition) is 1. The topological polar surface area (TPSA) is 49.7 Å². The van der Waals surface area contributed by atoms with Crippen LogP contribution in [0.5, 0.6) is 5.75 Å². The molecule has 0 spiro atoms. The van der Waals surface area contributed by atoms with Gasteiger partial charge in [0.05, 0.1) is 10.7 Å². The molecule has 0 radical (unpaired) electrons. The minimum absolute atomic E-state index is 0.0879. The van der Waals surface area contributed by atoms with Crippen molar-refractivity contribution in [3.05, 3.63) is 91.9 Å². The maximum absolute atomic E-state index is 12.9. The molecule has 3 aromatic rings. The first-order valence-corrected chi connectivity index (χ1v) is 9.12. The summed E-state index contributed by atoms with van der Waals surface area (Å²) in [6.07, 6.45) is 1.49. The third-order valence-electron chi connectivity index (χ3n) is 3.65. The maximum Gasteiger partial charge on any atom is 0.196 e. The second-order valence-electron chi connectivity index (χ2n) is 5.43. The van der Waals surface area contributed by atoms with Gasteiger partial charge >= 0.3 is 0 Å². The number of rotatable bonds is 4. The molecule has 0 aliphatic heterocycles. The van der Waals surface area contributed by atoms with Crippen LogP contribution >= 0.6 is 39.1 Å². The zero-order valence-corrected chi connectivity index (χ0v) is 16.4. The molecule has 1 N–H and O–H groups in total. The summed E-state index contributed by atoms with van der Waals surface area (Å²) >= 11 is 15.6. The van der Waals surface area contributed by atoms with E-state index in [2.05, 4.69) is 20.9 Å². The Balaban J connectivity index is 2.04. The summed E-state index contributed by atoms with van der Waals surface area (Å²) in [5, 5.41) is 10.7. The standard InChI is InChI=1S/C20H12BrCl2NO2/c21-13-5-8-19(25)12(9-13)11-24-18-7-6-14(22)10-16(18)20(26)15-3-1-2-4-17(15)23/h1-11,25H.